The lowest BCUT2D eigenvalue weighted by Gasteiger charge is -2.31. The number of carbonyl (C=O) groups excluding carboxylic acids is 2. The Morgan fingerprint density at radius 2 is 1.91 bits per heavy atom. The molecule has 1 fully saturated rings. The Morgan fingerprint density at radius 1 is 1.27 bits per heavy atom. The number of benzene rings is 1. The quantitative estimate of drug-likeness (QED) is 0.836. The standard InChI is InChI=1S/C16H17N3O2S/c1-2-14(20)18-13-5-3-12(4-6-13)15(21)19-16(11-17)7-9-22-10-8-16/h2-6H,1,7-10H2,(H,18,20)(H,19,21). The third-order valence-corrected chi connectivity index (χ3v) is 4.50. The van der Waals surface area contributed by atoms with Gasteiger partial charge in [0.15, 0.2) is 0 Å². The molecular weight excluding hydrogens is 298 g/mol. The molecule has 0 spiro atoms. The minimum Gasteiger partial charge on any atom is -0.334 e. The van der Waals surface area contributed by atoms with Gasteiger partial charge in [-0.15, -0.1) is 0 Å². The molecule has 0 saturated carbocycles. The number of nitrogens with one attached hydrogen (secondary N) is 2. The summed E-state index contributed by atoms with van der Waals surface area (Å²) < 4.78 is 0. The monoisotopic (exact) mass is 315 g/mol. The zero-order valence-corrected chi connectivity index (χ0v) is 12.9. The van der Waals surface area contributed by atoms with Gasteiger partial charge in [-0.05, 0) is 54.7 Å². The fraction of sp³-hybridized carbons (Fsp3) is 0.312. The first kappa shape index (κ1) is 16.1. The molecule has 1 aromatic carbocycles. The molecule has 0 aromatic heterocycles. The van der Waals surface area contributed by atoms with Crippen LogP contribution >= 0.6 is 11.8 Å². The van der Waals surface area contributed by atoms with Crippen molar-refractivity contribution in [3.05, 3.63) is 42.5 Å². The molecule has 1 heterocycles. The van der Waals surface area contributed by atoms with Gasteiger partial charge in [0.05, 0.1) is 6.07 Å². The van der Waals surface area contributed by atoms with Crippen molar-refractivity contribution in [3.63, 3.8) is 0 Å². The number of hydrogen-bond acceptors (Lipinski definition) is 4. The SMILES string of the molecule is C=CC(=O)Nc1ccc(C(=O)NC2(C#N)CCSCC2)cc1. The second kappa shape index (κ2) is 7.14. The van der Waals surface area contributed by atoms with Gasteiger partial charge in [0.2, 0.25) is 5.91 Å². The highest BCUT2D eigenvalue weighted by Crippen LogP contribution is 2.26. The molecule has 1 aliphatic rings. The van der Waals surface area contributed by atoms with E-state index in [1.54, 1.807) is 36.0 Å². The lowest BCUT2D eigenvalue weighted by atomic mass is 9.93. The minimum absolute atomic E-state index is 0.268. The van der Waals surface area contributed by atoms with E-state index in [1.807, 2.05) is 0 Å². The molecule has 0 aliphatic carbocycles. The van der Waals surface area contributed by atoms with Gasteiger partial charge >= 0.3 is 0 Å². The van der Waals surface area contributed by atoms with E-state index >= 15 is 0 Å². The second-order valence-electron chi connectivity index (χ2n) is 5.03. The Kier molecular flexibility index (Phi) is 5.23. The summed E-state index contributed by atoms with van der Waals surface area (Å²) in [7, 11) is 0. The molecule has 0 unspecified atom stereocenters. The van der Waals surface area contributed by atoms with E-state index in [-0.39, 0.29) is 11.8 Å². The summed E-state index contributed by atoms with van der Waals surface area (Å²) in [6, 6.07) is 8.78. The van der Waals surface area contributed by atoms with Crippen molar-refractivity contribution in [2.45, 2.75) is 18.4 Å². The van der Waals surface area contributed by atoms with Crippen molar-refractivity contribution in [3.8, 4) is 6.07 Å². The highest BCUT2D eigenvalue weighted by atomic mass is 32.2. The average molecular weight is 315 g/mol. The molecule has 6 heteroatoms. The molecule has 0 atom stereocenters. The van der Waals surface area contributed by atoms with E-state index in [2.05, 4.69) is 23.3 Å². The number of anilines is 1. The first-order valence-electron chi connectivity index (χ1n) is 6.93. The zero-order valence-electron chi connectivity index (χ0n) is 12.1. The Labute approximate surface area is 133 Å². The van der Waals surface area contributed by atoms with E-state index in [1.165, 1.54) is 6.08 Å². The highest BCUT2D eigenvalue weighted by Gasteiger charge is 2.34. The molecule has 5 nitrogen and oxygen atoms in total. The first-order chi connectivity index (χ1) is 10.6. The second-order valence-corrected chi connectivity index (χ2v) is 6.26. The maximum absolute atomic E-state index is 12.3. The van der Waals surface area contributed by atoms with Crippen LogP contribution in [0.1, 0.15) is 23.2 Å². The molecule has 2 rings (SSSR count). The molecule has 0 bridgehead atoms. The summed E-state index contributed by atoms with van der Waals surface area (Å²) in [6.07, 6.45) is 2.50. The van der Waals surface area contributed by atoms with Crippen LogP contribution in [0.3, 0.4) is 0 Å². The van der Waals surface area contributed by atoms with Crippen LogP contribution in [0.25, 0.3) is 0 Å². The molecule has 114 valence electrons. The molecule has 1 aliphatic heterocycles. The van der Waals surface area contributed by atoms with Crippen molar-refractivity contribution < 1.29 is 9.59 Å². The largest absolute Gasteiger partial charge is 0.334 e. The Bertz CT molecular complexity index is 613. The highest BCUT2D eigenvalue weighted by molar-refractivity contribution is 7.99. The number of rotatable bonds is 4. The number of nitrogens with zero attached hydrogens (tertiary/aromatic N) is 1. The molecular formula is C16H17N3O2S. The third-order valence-electron chi connectivity index (χ3n) is 3.51. The lowest BCUT2D eigenvalue weighted by Crippen LogP contribution is -2.49. The smallest absolute Gasteiger partial charge is 0.252 e. The first-order valence-corrected chi connectivity index (χ1v) is 8.09. The molecule has 2 N–H and O–H groups in total. The van der Waals surface area contributed by atoms with Gasteiger partial charge in [0.1, 0.15) is 5.54 Å². The lowest BCUT2D eigenvalue weighted by molar-refractivity contribution is -0.111. The van der Waals surface area contributed by atoms with Gasteiger partial charge < -0.3 is 10.6 Å². The predicted molar refractivity (Wildman–Crippen MR) is 87.6 cm³/mol. The summed E-state index contributed by atoms with van der Waals surface area (Å²) in [5, 5.41) is 14.8. The summed E-state index contributed by atoms with van der Waals surface area (Å²) in [5.74, 6) is 1.18. The fourth-order valence-electron chi connectivity index (χ4n) is 2.17. The van der Waals surface area contributed by atoms with Gasteiger partial charge in [-0.25, -0.2) is 0 Å². The Morgan fingerprint density at radius 3 is 2.45 bits per heavy atom. The van der Waals surface area contributed by atoms with Crippen molar-refractivity contribution in [2.75, 3.05) is 16.8 Å². The van der Waals surface area contributed by atoms with E-state index in [9.17, 15) is 14.9 Å². The van der Waals surface area contributed by atoms with E-state index in [4.69, 9.17) is 0 Å². The molecule has 2 amide bonds. The van der Waals surface area contributed by atoms with Crippen LogP contribution in [0, 0.1) is 11.3 Å². The fourth-order valence-corrected chi connectivity index (χ4v) is 3.36. The molecule has 0 radical (unpaired) electrons. The normalized spacial score (nSPS) is 16.1. The van der Waals surface area contributed by atoms with Gasteiger partial charge in [0, 0.05) is 11.3 Å². The number of thioether (sulfide) groups is 1. The molecule has 1 saturated heterocycles. The third kappa shape index (κ3) is 3.89. The van der Waals surface area contributed by atoms with Crippen LogP contribution in [0.5, 0.6) is 0 Å². The number of amides is 2. The maximum Gasteiger partial charge on any atom is 0.252 e. The number of carbonyl (C=O) groups is 2. The summed E-state index contributed by atoms with van der Waals surface area (Å²) in [5.41, 5.74) is 0.285. The van der Waals surface area contributed by atoms with Gasteiger partial charge in [-0.1, -0.05) is 6.58 Å². The van der Waals surface area contributed by atoms with Gasteiger partial charge in [-0.2, -0.15) is 17.0 Å². The topological polar surface area (TPSA) is 82.0 Å². The van der Waals surface area contributed by atoms with Gasteiger partial charge in [0.25, 0.3) is 5.91 Å². The number of hydrogen-bond donors (Lipinski definition) is 2. The Hall–Kier alpha value is -2.26. The average Bonchev–Trinajstić information content (AvgIpc) is 2.56. The maximum atomic E-state index is 12.3. The Balaban J connectivity index is 2.05. The predicted octanol–water partition coefficient (Wildman–Crippen LogP) is 2.33. The molecule has 22 heavy (non-hydrogen) atoms. The summed E-state index contributed by atoms with van der Waals surface area (Å²) in [6.45, 7) is 3.38. The van der Waals surface area contributed by atoms with Gasteiger partial charge in [-0.3, -0.25) is 9.59 Å². The summed E-state index contributed by atoms with van der Waals surface area (Å²) >= 11 is 1.79. The summed E-state index contributed by atoms with van der Waals surface area (Å²) in [4.78, 5) is 23.5. The van der Waals surface area contributed by atoms with E-state index < -0.39 is 5.54 Å². The number of nitriles is 1. The van der Waals surface area contributed by atoms with E-state index in [0.29, 0.717) is 24.1 Å². The van der Waals surface area contributed by atoms with Crippen LogP contribution in [-0.2, 0) is 4.79 Å². The zero-order chi connectivity index (χ0) is 16.0. The van der Waals surface area contributed by atoms with Crippen LogP contribution in [0.15, 0.2) is 36.9 Å². The van der Waals surface area contributed by atoms with Crippen LogP contribution < -0.4 is 10.6 Å². The van der Waals surface area contributed by atoms with Crippen molar-refractivity contribution in [2.24, 2.45) is 0 Å². The van der Waals surface area contributed by atoms with Crippen molar-refractivity contribution >= 4 is 29.3 Å². The molecule has 1 aromatic rings. The van der Waals surface area contributed by atoms with Crippen LogP contribution in [0.4, 0.5) is 5.69 Å². The minimum atomic E-state index is -0.766. The van der Waals surface area contributed by atoms with Crippen LogP contribution in [0.2, 0.25) is 0 Å². The van der Waals surface area contributed by atoms with Crippen LogP contribution in [-0.4, -0.2) is 28.9 Å². The van der Waals surface area contributed by atoms with Crippen molar-refractivity contribution in [1.82, 2.24) is 5.32 Å². The van der Waals surface area contributed by atoms with Crippen molar-refractivity contribution in [1.29, 1.82) is 5.26 Å². The van der Waals surface area contributed by atoms with E-state index in [0.717, 1.165) is 11.5 Å².